The van der Waals surface area contributed by atoms with E-state index in [4.69, 9.17) is 14.5 Å². The van der Waals surface area contributed by atoms with Crippen LogP contribution in [0.25, 0.3) is 16.9 Å². The van der Waals surface area contributed by atoms with Crippen LogP contribution in [0, 0.1) is 20.8 Å². The third-order valence-electron chi connectivity index (χ3n) is 5.60. The van der Waals surface area contributed by atoms with Crippen LogP contribution in [-0.2, 0) is 11.2 Å². The summed E-state index contributed by atoms with van der Waals surface area (Å²) in [5.41, 5.74) is 7.02. The number of fused-ring (bicyclic) bond motifs is 1. The third-order valence-corrected chi connectivity index (χ3v) is 6.45. The Morgan fingerprint density at radius 3 is 2.75 bits per heavy atom. The maximum atomic E-state index is 12.5. The fraction of sp³-hybridized carbons (Fsp3) is 0.200. The summed E-state index contributed by atoms with van der Waals surface area (Å²) in [5, 5.41) is 5.78. The lowest BCUT2D eigenvalue weighted by Gasteiger charge is -2.10. The molecule has 1 aliphatic rings. The molecule has 0 atom stereocenters. The molecule has 0 bridgehead atoms. The highest BCUT2D eigenvalue weighted by atomic mass is 32.1. The molecular formula is C25H23N3O3S. The summed E-state index contributed by atoms with van der Waals surface area (Å²) in [6.07, 6.45) is 0.250. The lowest BCUT2D eigenvalue weighted by Crippen LogP contribution is -2.14. The summed E-state index contributed by atoms with van der Waals surface area (Å²) in [5.74, 6) is 1.46. The van der Waals surface area contributed by atoms with E-state index in [1.807, 2.05) is 54.8 Å². The summed E-state index contributed by atoms with van der Waals surface area (Å²) in [6, 6.07) is 15.8. The molecule has 0 aliphatic carbocycles. The van der Waals surface area contributed by atoms with E-state index in [-0.39, 0.29) is 19.1 Å². The van der Waals surface area contributed by atoms with Crippen molar-refractivity contribution in [3.8, 4) is 28.4 Å². The first kappa shape index (κ1) is 20.3. The first-order valence-electron chi connectivity index (χ1n) is 10.4. The summed E-state index contributed by atoms with van der Waals surface area (Å²) in [7, 11) is 0. The van der Waals surface area contributed by atoms with Crippen molar-refractivity contribution in [2.24, 2.45) is 0 Å². The van der Waals surface area contributed by atoms with Crippen molar-refractivity contribution < 1.29 is 14.3 Å². The van der Waals surface area contributed by atoms with E-state index >= 15 is 0 Å². The normalized spacial score (nSPS) is 12.2. The van der Waals surface area contributed by atoms with E-state index < -0.39 is 0 Å². The molecule has 5 rings (SSSR count). The summed E-state index contributed by atoms with van der Waals surface area (Å²) < 4.78 is 13.1. The minimum atomic E-state index is -0.0639. The van der Waals surface area contributed by atoms with Crippen LogP contribution in [0.1, 0.15) is 22.0 Å². The smallest absolute Gasteiger partial charge is 0.231 e. The van der Waals surface area contributed by atoms with Crippen LogP contribution >= 0.6 is 11.3 Å². The van der Waals surface area contributed by atoms with Gasteiger partial charge in [-0.25, -0.2) is 4.98 Å². The van der Waals surface area contributed by atoms with Crippen molar-refractivity contribution in [2.75, 3.05) is 12.1 Å². The quantitative estimate of drug-likeness (QED) is 0.444. The second kappa shape index (κ2) is 8.16. The van der Waals surface area contributed by atoms with Gasteiger partial charge in [-0.1, -0.05) is 18.2 Å². The number of ether oxygens (including phenoxy) is 2. The maximum absolute atomic E-state index is 12.5. The number of hydrogen-bond acceptors (Lipinski definition) is 5. The second-order valence-electron chi connectivity index (χ2n) is 7.82. The Kier molecular flexibility index (Phi) is 5.19. The number of thiazole rings is 1. The van der Waals surface area contributed by atoms with Crippen LogP contribution in [0.2, 0.25) is 0 Å². The van der Waals surface area contributed by atoms with Gasteiger partial charge >= 0.3 is 0 Å². The fourth-order valence-corrected chi connectivity index (χ4v) is 4.80. The number of amides is 1. The first-order valence-corrected chi connectivity index (χ1v) is 11.3. The van der Waals surface area contributed by atoms with Gasteiger partial charge in [-0.15, -0.1) is 11.3 Å². The Hall–Kier alpha value is -3.58. The van der Waals surface area contributed by atoms with E-state index in [1.165, 1.54) is 11.3 Å². The van der Waals surface area contributed by atoms with E-state index in [1.54, 1.807) is 0 Å². The molecule has 0 spiro atoms. The zero-order valence-corrected chi connectivity index (χ0v) is 19.0. The lowest BCUT2D eigenvalue weighted by atomic mass is 10.2. The van der Waals surface area contributed by atoms with Gasteiger partial charge in [0.2, 0.25) is 12.7 Å². The van der Waals surface area contributed by atoms with Gasteiger partial charge in [-0.2, -0.15) is 0 Å². The van der Waals surface area contributed by atoms with Gasteiger partial charge in [0.25, 0.3) is 0 Å². The summed E-state index contributed by atoms with van der Waals surface area (Å²) >= 11 is 1.51. The zero-order valence-electron chi connectivity index (χ0n) is 18.1. The minimum absolute atomic E-state index is 0.0639. The van der Waals surface area contributed by atoms with Crippen LogP contribution in [0.15, 0.2) is 53.9 Å². The van der Waals surface area contributed by atoms with Crippen molar-refractivity contribution in [2.45, 2.75) is 27.2 Å². The molecule has 6 nitrogen and oxygen atoms in total. The van der Waals surface area contributed by atoms with Gasteiger partial charge in [0.1, 0.15) is 5.01 Å². The molecular weight excluding hydrogens is 422 g/mol. The molecule has 0 saturated carbocycles. The van der Waals surface area contributed by atoms with Crippen molar-refractivity contribution >= 4 is 22.9 Å². The Morgan fingerprint density at radius 2 is 1.91 bits per heavy atom. The number of nitrogens with one attached hydrogen (secondary N) is 1. The monoisotopic (exact) mass is 445 g/mol. The van der Waals surface area contributed by atoms with Crippen molar-refractivity contribution in [3.05, 3.63) is 75.9 Å². The van der Waals surface area contributed by atoms with E-state index in [0.717, 1.165) is 56.1 Å². The van der Waals surface area contributed by atoms with E-state index in [2.05, 4.69) is 29.8 Å². The number of rotatable bonds is 5. The van der Waals surface area contributed by atoms with Gasteiger partial charge in [0.15, 0.2) is 11.5 Å². The van der Waals surface area contributed by atoms with Gasteiger partial charge in [0.05, 0.1) is 12.1 Å². The topological polar surface area (TPSA) is 65.4 Å². The van der Waals surface area contributed by atoms with E-state index in [0.29, 0.717) is 0 Å². The predicted octanol–water partition coefficient (Wildman–Crippen LogP) is 5.44. The number of aromatic nitrogens is 2. The summed E-state index contributed by atoms with van der Waals surface area (Å²) in [4.78, 5) is 17.3. The number of aryl methyl sites for hydroxylation is 2. The molecule has 0 fully saturated rings. The number of benzene rings is 2. The average molecular weight is 446 g/mol. The van der Waals surface area contributed by atoms with Crippen LogP contribution in [0.3, 0.4) is 0 Å². The van der Waals surface area contributed by atoms with Gasteiger partial charge < -0.3 is 19.4 Å². The highest BCUT2D eigenvalue weighted by molar-refractivity contribution is 7.10. The standard InChI is InChI=1S/C25H23N3O3S/c1-15-6-4-5-7-20(15)26-24(29)12-25-27-21(13-32-25)19-10-16(2)28(17(19)3)18-8-9-22-23(11-18)31-14-30-22/h4-11,13H,12,14H2,1-3H3,(H,26,29). The zero-order chi connectivity index (χ0) is 22.2. The van der Waals surface area contributed by atoms with Gasteiger partial charge in [0, 0.05) is 39.8 Å². The van der Waals surface area contributed by atoms with Crippen molar-refractivity contribution in [1.29, 1.82) is 0 Å². The SMILES string of the molecule is Cc1ccccc1NC(=O)Cc1nc(-c2cc(C)n(-c3ccc4c(c3)OCO4)c2C)cs1. The number of anilines is 1. The Balaban J connectivity index is 1.37. The average Bonchev–Trinajstić information content (AvgIpc) is 3.48. The lowest BCUT2D eigenvalue weighted by molar-refractivity contribution is -0.115. The van der Waals surface area contributed by atoms with Crippen LogP contribution in [0.4, 0.5) is 5.69 Å². The number of nitrogens with zero attached hydrogens (tertiary/aromatic N) is 2. The van der Waals surface area contributed by atoms with Gasteiger partial charge in [-0.3, -0.25) is 4.79 Å². The number of carbonyl (C=O) groups excluding carboxylic acids is 1. The summed E-state index contributed by atoms with van der Waals surface area (Å²) in [6.45, 7) is 6.39. The Bertz CT molecular complexity index is 1320. The molecule has 0 unspecified atom stereocenters. The predicted molar refractivity (Wildman–Crippen MR) is 126 cm³/mol. The number of hydrogen-bond donors (Lipinski definition) is 1. The molecule has 3 heterocycles. The molecule has 2 aromatic heterocycles. The first-order chi connectivity index (χ1) is 15.5. The molecule has 4 aromatic rings. The molecule has 0 saturated heterocycles. The largest absolute Gasteiger partial charge is 0.454 e. The van der Waals surface area contributed by atoms with Crippen molar-refractivity contribution in [1.82, 2.24) is 9.55 Å². The molecule has 2 aromatic carbocycles. The highest BCUT2D eigenvalue weighted by Gasteiger charge is 2.19. The van der Waals surface area contributed by atoms with Crippen molar-refractivity contribution in [3.63, 3.8) is 0 Å². The van der Waals surface area contributed by atoms with Gasteiger partial charge in [-0.05, 0) is 50.6 Å². The number of para-hydroxylation sites is 1. The molecule has 1 amide bonds. The van der Waals surface area contributed by atoms with E-state index in [9.17, 15) is 4.79 Å². The minimum Gasteiger partial charge on any atom is -0.454 e. The fourth-order valence-electron chi connectivity index (χ4n) is 4.00. The van der Waals surface area contributed by atoms with Crippen LogP contribution in [0.5, 0.6) is 11.5 Å². The molecule has 0 radical (unpaired) electrons. The van der Waals surface area contributed by atoms with Crippen LogP contribution in [-0.4, -0.2) is 22.3 Å². The maximum Gasteiger partial charge on any atom is 0.231 e. The second-order valence-corrected chi connectivity index (χ2v) is 8.77. The molecule has 32 heavy (non-hydrogen) atoms. The molecule has 162 valence electrons. The Morgan fingerprint density at radius 1 is 1.09 bits per heavy atom. The number of carbonyl (C=O) groups is 1. The molecule has 1 N–H and O–H groups in total. The third kappa shape index (κ3) is 3.76. The highest BCUT2D eigenvalue weighted by Crippen LogP contribution is 2.36. The molecule has 7 heteroatoms. The van der Waals surface area contributed by atoms with Crippen LogP contribution < -0.4 is 14.8 Å². The molecule has 1 aliphatic heterocycles. The Labute approximate surface area is 190 Å².